The van der Waals surface area contributed by atoms with E-state index in [-0.39, 0.29) is 12.7 Å². The highest BCUT2D eigenvalue weighted by atomic mass is 28.4. The summed E-state index contributed by atoms with van der Waals surface area (Å²) < 4.78 is 53.8. The van der Waals surface area contributed by atoms with Crippen molar-refractivity contribution in [3.8, 4) is 0 Å². The smallest absolute Gasteiger partial charge is 0.462 e. The molecule has 4 fully saturated rings. The van der Waals surface area contributed by atoms with Gasteiger partial charge in [0.05, 0.1) is 25.4 Å². The average Bonchev–Trinajstić information content (AvgIpc) is 3.63. The van der Waals surface area contributed by atoms with E-state index in [4.69, 9.17) is 37.6 Å². The van der Waals surface area contributed by atoms with E-state index >= 15 is 0 Å². The minimum Gasteiger partial charge on any atom is -0.462 e. The maximum absolute atomic E-state index is 13.3. The van der Waals surface area contributed by atoms with Gasteiger partial charge < -0.3 is 37.6 Å². The van der Waals surface area contributed by atoms with E-state index in [1.165, 1.54) is 19.6 Å². The van der Waals surface area contributed by atoms with Gasteiger partial charge >= 0.3 is 12.1 Å². The van der Waals surface area contributed by atoms with Crippen LogP contribution in [0.25, 0.3) is 0 Å². The molecule has 51 heavy (non-hydrogen) atoms. The van der Waals surface area contributed by atoms with Crippen LogP contribution in [-0.4, -0.2) is 75.6 Å². The molecule has 5 aliphatic rings. The van der Waals surface area contributed by atoms with Gasteiger partial charge in [-0.25, -0.2) is 4.79 Å². The number of hydrogen-bond donors (Lipinski definition) is 0. The second-order valence-electron chi connectivity index (χ2n) is 16.8. The average molecular weight is 729 g/mol. The first-order valence-electron chi connectivity index (χ1n) is 19.0. The second-order valence-corrected chi connectivity index (χ2v) is 21.5. The second kappa shape index (κ2) is 13.5. The molecular formula is C40H60O10Si. The van der Waals surface area contributed by atoms with Gasteiger partial charge in [-0.05, 0) is 69.3 Å². The molecule has 9 atom stereocenters. The van der Waals surface area contributed by atoms with Crippen molar-refractivity contribution in [2.24, 2.45) is 16.7 Å². The Morgan fingerprint density at radius 3 is 2.20 bits per heavy atom. The summed E-state index contributed by atoms with van der Waals surface area (Å²) in [5, 5.41) is 0. The third-order valence-electron chi connectivity index (χ3n) is 13.5. The van der Waals surface area contributed by atoms with E-state index < -0.39 is 78.8 Å². The third kappa shape index (κ3) is 6.11. The highest BCUT2D eigenvalue weighted by molar-refractivity contribution is 6.73. The number of ether oxygens (including phenoxy) is 7. The summed E-state index contributed by atoms with van der Waals surface area (Å²) in [5.41, 5.74) is -0.460. The lowest BCUT2D eigenvalue weighted by molar-refractivity contribution is -0.243. The summed E-state index contributed by atoms with van der Waals surface area (Å²) in [6.07, 6.45) is -0.975. The Bertz CT molecular complexity index is 1500. The zero-order valence-electron chi connectivity index (χ0n) is 32.6. The molecule has 1 spiro atoms. The van der Waals surface area contributed by atoms with Crippen LogP contribution in [0.15, 0.2) is 41.5 Å². The number of rotatable bonds is 9. The van der Waals surface area contributed by atoms with E-state index in [9.17, 15) is 9.59 Å². The molecule has 1 aromatic rings. The summed E-state index contributed by atoms with van der Waals surface area (Å²) in [6.45, 7) is 20.8. The highest BCUT2D eigenvalue weighted by Gasteiger charge is 2.76. The first-order valence-corrected chi connectivity index (χ1v) is 21.5. The largest absolute Gasteiger partial charge is 0.508 e. The normalized spacial score (nSPS) is 38.1. The van der Waals surface area contributed by atoms with Crippen LogP contribution in [0.3, 0.4) is 0 Å². The Hall–Kier alpha value is -2.28. The minimum absolute atomic E-state index is 0.162. The maximum Gasteiger partial charge on any atom is 0.508 e. The van der Waals surface area contributed by atoms with Gasteiger partial charge in [0.15, 0.2) is 26.0 Å². The van der Waals surface area contributed by atoms with E-state index in [0.717, 1.165) is 35.7 Å². The van der Waals surface area contributed by atoms with Crippen LogP contribution in [0.2, 0.25) is 18.1 Å². The summed E-state index contributed by atoms with van der Waals surface area (Å²) in [6, 6.07) is 13.0. The first kappa shape index (κ1) is 38.4. The molecule has 10 nitrogen and oxygen atoms in total. The molecule has 0 amide bonds. The summed E-state index contributed by atoms with van der Waals surface area (Å²) in [5.74, 6) is -1.94. The Morgan fingerprint density at radius 1 is 0.922 bits per heavy atom. The number of carbonyl (C=O) groups excluding carboxylic acids is 2. The number of fused-ring (bicyclic) bond motifs is 6. The topological polar surface area (TPSA) is 108 Å². The van der Waals surface area contributed by atoms with Crippen LogP contribution in [-0.2, 0) is 42.4 Å². The van der Waals surface area contributed by atoms with E-state index in [2.05, 4.69) is 48.5 Å². The van der Waals surface area contributed by atoms with E-state index in [0.29, 0.717) is 19.3 Å². The van der Waals surface area contributed by atoms with E-state index in [1.807, 2.05) is 44.2 Å². The first-order chi connectivity index (χ1) is 24.0. The van der Waals surface area contributed by atoms with Crippen molar-refractivity contribution in [1.29, 1.82) is 0 Å². The fourth-order valence-electron chi connectivity index (χ4n) is 10.7. The lowest BCUT2D eigenvalue weighted by Gasteiger charge is -2.64. The fraction of sp³-hybridized carbons (Fsp3) is 0.750. The monoisotopic (exact) mass is 728 g/mol. The van der Waals surface area contributed by atoms with Gasteiger partial charge in [-0.15, -0.1) is 0 Å². The number of methoxy groups -OCH3 is 1. The Kier molecular flexibility index (Phi) is 10.2. The Labute approximate surface area is 305 Å². The predicted octanol–water partition coefficient (Wildman–Crippen LogP) is 8.40. The van der Waals surface area contributed by atoms with Crippen LogP contribution >= 0.6 is 0 Å². The molecule has 284 valence electrons. The Balaban J connectivity index is 1.67. The molecule has 2 bridgehead atoms. The minimum atomic E-state index is -2.14. The van der Waals surface area contributed by atoms with Crippen LogP contribution in [0.5, 0.6) is 0 Å². The molecule has 1 aromatic carbocycles. The zero-order chi connectivity index (χ0) is 37.2. The predicted molar refractivity (Wildman–Crippen MR) is 193 cm³/mol. The summed E-state index contributed by atoms with van der Waals surface area (Å²) in [7, 11) is -0.836. The number of esters is 1. The quantitative estimate of drug-likeness (QED) is 0.140. The number of carbonyl (C=O) groups is 2. The van der Waals surface area contributed by atoms with Crippen molar-refractivity contribution in [2.75, 3.05) is 13.7 Å². The summed E-state index contributed by atoms with van der Waals surface area (Å²) in [4.78, 5) is 25.9. The molecule has 0 unspecified atom stereocenters. The molecule has 6 rings (SSSR count). The van der Waals surface area contributed by atoms with Gasteiger partial charge in [0.2, 0.25) is 0 Å². The van der Waals surface area contributed by atoms with Gasteiger partial charge in [0, 0.05) is 35.7 Å². The SMILES string of the molecule is CC[Si](CC)(CC)O[C@H]1C[C@@]23O[C@@H](c4ccccc4)O[C@H]2[C@@H]2[C@@](COC(C)=O)(OC(=O)OC)CCC[C@@]2(C)[C@H]2OC(C)(C)O[C@@H]2C(=C1C)C3(C)C. The number of benzene rings is 1. The van der Waals surface area contributed by atoms with Crippen LogP contribution < -0.4 is 0 Å². The van der Waals surface area contributed by atoms with Crippen LogP contribution in [0.4, 0.5) is 4.79 Å². The van der Waals surface area contributed by atoms with Crippen molar-refractivity contribution in [3.63, 3.8) is 0 Å². The molecular weight excluding hydrogens is 669 g/mol. The van der Waals surface area contributed by atoms with Crippen LogP contribution in [0.1, 0.15) is 107 Å². The standard InChI is InChI=1S/C40H60O10Si/c1-12-51(13-2,14-3)50-28-23-40-33(45-34(48-40)27-19-16-15-17-20-27)31-38(10,21-18-22-39(31,24-44-26(5)41)49-35(42)43-11)32-30(46-37(8,9)47-32)29(25(28)4)36(40,6)7/h15-17,19-20,28,30-34H,12-14,18,21-24H2,1-11H3/t28-,30+,31-,32-,33-,34-,38+,39+,40+/m0/s1. The van der Waals surface area contributed by atoms with Gasteiger partial charge in [-0.2, -0.15) is 0 Å². The molecule has 11 heteroatoms. The summed E-state index contributed by atoms with van der Waals surface area (Å²) >= 11 is 0. The van der Waals surface area contributed by atoms with Gasteiger partial charge in [0.25, 0.3) is 0 Å². The van der Waals surface area contributed by atoms with Crippen molar-refractivity contribution in [2.45, 2.75) is 161 Å². The zero-order valence-corrected chi connectivity index (χ0v) is 33.6. The molecule has 3 aliphatic carbocycles. The molecule has 2 heterocycles. The molecule has 0 aromatic heterocycles. The maximum atomic E-state index is 13.3. The Morgan fingerprint density at radius 2 is 1.59 bits per heavy atom. The molecule has 0 N–H and O–H groups in total. The third-order valence-corrected chi connectivity index (χ3v) is 18.1. The van der Waals surface area contributed by atoms with Crippen LogP contribution in [0, 0.1) is 16.7 Å². The fourth-order valence-corrected chi connectivity index (χ4v) is 13.6. The molecule has 0 radical (unpaired) electrons. The highest BCUT2D eigenvalue weighted by Crippen LogP contribution is 2.69. The molecule has 2 saturated carbocycles. The number of hydrogen-bond acceptors (Lipinski definition) is 10. The lowest BCUT2D eigenvalue weighted by atomic mass is 9.46. The van der Waals surface area contributed by atoms with Crippen molar-refractivity contribution < 1.29 is 47.2 Å². The van der Waals surface area contributed by atoms with Gasteiger partial charge in [-0.1, -0.05) is 71.9 Å². The lowest BCUT2D eigenvalue weighted by Crippen LogP contribution is -2.73. The van der Waals surface area contributed by atoms with Gasteiger partial charge in [-0.3, -0.25) is 4.79 Å². The van der Waals surface area contributed by atoms with Crippen molar-refractivity contribution in [3.05, 3.63) is 47.0 Å². The molecule has 2 aliphatic heterocycles. The van der Waals surface area contributed by atoms with Gasteiger partial charge in [0.1, 0.15) is 18.3 Å². The molecule has 2 saturated heterocycles. The van der Waals surface area contributed by atoms with Crippen molar-refractivity contribution in [1.82, 2.24) is 0 Å². The van der Waals surface area contributed by atoms with Crippen molar-refractivity contribution >= 4 is 20.4 Å². The van der Waals surface area contributed by atoms with E-state index in [1.54, 1.807) is 0 Å².